The van der Waals surface area contributed by atoms with Gasteiger partial charge in [0.2, 0.25) is 0 Å². The van der Waals surface area contributed by atoms with Crippen LogP contribution in [0.15, 0.2) is 22.7 Å². The van der Waals surface area contributed by atoms with Crippen molar-refractivity contribution >= 4 is 44.2 Å². The van der Waals surface area contributed by atoms with Gasteiger partial charge in [-0.25, -0.2) is 0 Å². The zero-order valence-corrected chi connectivity index (χ0v) is 14.5. The first kappa shape index (κ1) is 14.6. The van der Waals surface area contributed by atoms with Crippen molar-refractivity contribution in [1.29, 1.82) is 0 Å². The molecule has 0 aromatic heterocycles. The third-order valence-electron chi connectivity index (χ3n) is 3.36. The summed E-state index contributed by atoms with van der Waals surface area (Å²) >= 11 is 6.07. The second kappa shape index (κ2) is 7.10. The van der Waals surface area contributed by atoms with Gasteiger partial charge in [-0.15, -0.1) is 0 Å². The molecule has 1 fully saturated rings. The largest absolute Gasteiger partial charge is 0.369 e. The highest BCUT2D eigenvalue weighted by Crippen LogP contribution is 2.29. The van der Waals surface area contributed by atoms with Crippen molar-refractivity contribution in [3.05, 3.63) is 26.2 Å². The lowest BCUT2D eigenvalue weighted by Gasteiger charge is -2.27. The SMILES string of the molecule is CCCC1CN(c2cc(I)ccc2Br)CCCN1. The fraction of sp³-hybridized carbons (Fsp3) is 0.571. The Morgan fingerprint density at radius 3 is 3.11 bits per heavy atom. The quantitative estimate of drug-likeness (QED) is 0.740. The van der Waals surface area contributed by atoms with Crippen molar-refractivity contribution in [1.82, 2.24) is 5.32 Å². The van der Waals surface area contributed by atoms with Crippen LogP contribution >= 0.6 is 38.5 Å². The van der Waals surface area contributed by atoms with Crippen LogP contribution in [0.2, 0.25) is 0 Å². The Bertz CT molecular complexity index is 397. The number of benzene rings is 1. The van der Waals surface area contributed by atoms with Crippen molar-refractivity contribution in [2.24, 2.45) is 0 Å². The number of nitrogens with zero attached hydrogens (tertiary/aromatic N) is 1. The maximum Gasteiger partial charge on any atom is 0.0521 e. The molecular weight excluding hydrogens is 403 g/mol. The predicted molar refractivity (Wildman–Crippen MR) is 90.4 cm³/mol. The van der Waals surface area contributed by atoms with E-state index in [0.717, 1.165) is 19.6 Å². The molecule has 0 spiro atoms. The van der Waals surface area contributed by atoms with Gasteiger partial charge in [0.15, 0.2) is 0 Å². The summed E-state index contributed by atoms with van der Waals surface area (Å²) in [6.07, 6.45) is 3.73. The van der Waals surface area contributed by atoms with Gasteiger partial charge >= 0.3 is 0 Å². The van der Waals surface area contributed by atoms with Crippen LogP contribution in [-0.2, 0) is 0 Å². The number of hydrogen-bond donors (Lipinski definition) is 1. The topological polar surface area (TPSA) is 15.3 Å². The maximum absolute atomic E-state index is 3.68. The van der Waals surface area contributed by atoms with Crippen molar-refractivity contribution in [3.63, 3.8) is 0 Å². The van der Waals surface area contributed by atoms with E-state index in [9.17, 15) is 0 Å². The van der Waals surface area contributed by atoms with E-state index in [2.05, 4.69) is 73.9 Å². The highest BCUT2D eigenvalue weighted by atomic mass is 127. The predicted octanol–water partition coefficient (Wildman–Crippen LogP) is 4.02. The van der Waals surface area contributed by atoms with Crippen LogP contribution in [0.5, 0.6) is 0 Å². The summed E-state index contributed by atoms with van der Waals surface area (Å²) in [7, 11) is 0. The Morgan fingerprint density at radius 2 is 2.33 bits per heavy atom. The molecule has 1 aromatic rings. The lowest BCUT2D eigenvalue weighted by atomic mass is 10.1. The fourth-order valence-electron chi connectivity index (χ4n) is 2.49. The van der Waals surface area contributed by atoms with Crippen LogP contribution in [-0.4, -0.2) is 25.7 Å². The number of hydrogen-bond acceptors (Lipinski definition) is 2. The minimum Gasteiger partial charge on any atom is -0.369 e. The van der Waals surface area contributed by atoms with Gasteiger partial charge in [0.1, 0.15) is 0 Å². The van der Waals surface area contributed by atoms with Crippen LogP contribution in [0.4, 0.5) is 5.69 Å². The number of nitrogens with one attached hydrogen (secondary N) is 1. The first-order valence-electron chi connectivity index (χ1n) is 6.64. The summed E-state index contributed by atoms with van der Waals surface area (Å²) in [6, 6.07) is 7.21. The van der Waals surface area contributed by atoms with Crippen LogP contribution in [0.25, 0.3) is 0 Å². The molecule has 1 aliphatic heterocycles. The first-order chi connectivity index (χ1) is 8.70. The molecule has 1 aromatic carbocycles. The average Bonchev–Trinajstić information content (AvgIpc) is 2.58. The van der Waals surface area contributed by atoms with E-state index in [1.807, 2.05) is 0 Å². The molecule has 0 aliphatic carbocycles. The molecule has 2 nitrogen and oxygen atoms in total. The highest BCUT2D eigenvalue weighted by molar-refractivity contribution is 14.1. The lowest BCUT2D eigenvalue weighted by molar-refractivity contribution is 0.502. The molecule has 1 aliphatic rings. The van der Waals surface area contributed by atoms with Gasteiger partial charge < -0.3 is 10.2 Å². The molecule has 0 saturated carbocycles. The average molecular weight is 423 g/mol. The minimum absolute atomic E-state index is 0.627. The smallest absolute Gasteiger partial charge is 0.0521 e. The molecule has 0 amide bonds. The van der Waals surface area contributed by atoms with Crippen LogP contribution in [0.3, 0.4) is 0 Å². The third-order valence-corrected chi connectivity index (χ3v) is 4.71. The Morgan fingerprint density at radius 1 is 1.50 bits per heavy atom. The molecule has 18 heavy (non-hydrogen) atoms. The standard InChI is InChI=1S/C14H20BrIN2/c1-2-4-12-10-18(8-3-7-17-12)14-9-11(16)5-6-13(14)15/h5-6,9,12,17H,2-4,7-8,10H2,1H3. The Hall–Kier alpha value is 0.190. The Kier molecular flexibility index (Phi) is 5.76. The van der Waals surface area contributed by atoms with Crippen molar-refractivity contribution in [3.8, 4) is 0 Å². The third kappa shape index (κ3) is 3.84. The lowest BCUT2D eigenvalue weighted by Crippen LogP contribution is -2.37. The molecule has 0 radical (unpaired) electrons. The van der Waals surface area contributed by atoms with E-state index >= 15 is 0 Å². The first-order valence-corrected chi connectivity index (χ1v) is 8.51. The Labute approximate surface area is 132 Å². The molecule has 1 saturated heterocycles. The number of rotatable bonds is 3. The second-order valence-electron chi connectivity index (χ2n) is 4.84. The van der Waals surface area contributed by atoms with E-state index in [0.29, 0.717) is 6.04 Å². The fourth-order valence-corrected chi connectivity index (χ4v) is 3.46. The van der Waals surface area contributed by atoms with Crippen LogP contribution in [0, 0.1) is 3.57 Å². The number of halogens is 2. The van der Waals surface area contributed by atoms with Gasteiger partial charge in [0, 0.05) is 27.2 Å². The monoisotopic (exact) mass is 422 g/mol. The minimum atomic E-state index is 0.627. The van der Waals surface area contributed by atoms with Gasteiger partial charge in [0.25, 0.3) is 0 Å². The molecule has 1 heterocycles. The Balaban J connectivity index is 2.16. The summed E-state index contributed by atoms with van der Waals surface area (Å²) in [5.74, 6) is 0. The second-order valence-corrected chi connectivity index (χ2v) is 6.93. The van der Waals surface area contributed by atoms with E-state index in [4.69, 9.17) is 0 Å². The van der Waals surface area contributed by atoms with E-state index in [-0.39, 0.29) is 0 Å². The van der Waals surface area contributed by atoms with Crippen LogP contribution < -0.4 is 10.2 Å². The summed E-state index contributed by atoms with van der Waals surface area (Å²) in [5, 5.41) is 3.66. The summed E-state index contributed by atoms with van der Waals surface area (Å²) < 4.78 is 2.51. The molecule has 4 heteroatoms. The summed E-state index contributed by atoms with van der Waals surface area (Å²) in [6.45, 7) is 5.67. The van der Waals surface area contributed by atoms with Gasteiger partial charge in [-0.3, -0.25) is 0 Å². The number of anilines is 1. The van der Waals surface area contributed by atoms with Crippen molar-refractivity contribution in [2.45, 2.75) is 32.2 Å². The van der Waals surface area contributed by atoms with Gasteiger partial charge in [-0.2, -0.15) is 0 Å². The van der Waals surface area contributed by atoms with Crippen molar-refractivity contribution in [2.75, 3.05) is 24.5 Å². The summed E-state index contributed by atoms with van der Waals surface area (Å²) in [4.78, 5) is 2.52. The van der Waals surface area contributed by atoms with E-state index in [1.165, 1.54) is 33.0 Å². The molecular formula is C14H20BrIN2. The highest BCUT2D eigenvalue weighted by Gasteiger charge is 2.18. The maximum atomic E-state index is 3.68. The van der Waals surface area contributed by atoms with Gasteiger partial charge in [-0.05, 0) is 76.1 Å². The van der Waals surface area contributed by atoms with Crippen LogP contribution in [0.1, 0.15) is 26.2 Å². The molecule has 0 bridgehead atoms. The summed E-state index contributed by atoms with van der Waals surface area (Å²) in [5.41, 5.74) is 1.34. The van der Waals surface area contributed by atoms with Crippen molar-refractivity contribution < 1.29 is 0 Å². The zero-order valence-electron chi connectivity index (χ0n) is 10.8. The molecule has 2 rings (SSSR count). The molecule has 100 valence electrons. The van der Waals surface area contributed by atoms with E-state index in [1.54, 1.807) is 0 Å². The molecule has 1 unspecified atom stereocenters. The molecule has 1 N–H and O–H groups in total. The van der Waals surface area contributed by atoms with Gasteiger partial charge in [-0.1, -0.05) is 13.3 Å². The van der Waals surface area contributed by atoms with Gasteiger partial charge in [0.05, 0.1) is 5.69 Å². The molecule has 1 atom stereocenters. The normalized spacial score (nSPS) is 20.8. The zero-order chi connectivity index (χ0) is 13.0. The van der Waals surface area contributed by atoms with E-state index < -0.39 is 0 Å².